The fraction of sp³-hybridized carbons (Fsp3) is 0.727. The summed E-state index contributed by atoms with van der Waals surface area (Å²) >= 11 is 0. The first-order valence-corrected chi connectivity index (χ1v) is 11.0. The molecule has 2 aliphatic rings. The SMILES string of the molecule is CCNC(=NCC1(N(C)C)CCOCC1)NC1CCN(c2ccc(C)cn2)CC1.I. The molecule has 1 aromatic rings. The van der Waals surface area contributed by atoms with Crippen LogP contribution in [0, 0.1) is 6.92 Å². The van der Waals surface area contributed by atoms with Crippen LogP contribution in [-0.4, -0.2) is 80.9 Å². The molecule has 1 aromatic heterocycles. The second-order valence-electron chi connectivity index (χ2n) is 8.53. The lowest BCUT2D eigenvalue weighted by molar-refractivity contribution is -0.00255. The fourth-order valence-electron chi connectivity index (χ4n) is 4.14. The predicted molar refractivity (Wildman–Crippen MR) is 135 cm³/mol. The Bertz CT molecular complexity index is 652. The number of hydrogen-bond donors (Lipinski definition) is 2. The van der Waals surface area contributed by atoms with Gasteiger partial charge in [-0.05, 0) is 65.3 Å². The van der Waals surface area contributed by atoms with E-state index in [1.165, 1.54) is 5.56 Å². The van der Waals surface area contributed by atoms with Crippen LogP contribution in [0.2, 0.25) is 0 Å². The zero-order chi connectivity index (χ0) is 20.7. The first-order chi connectivity index (χ1) is 14.0. The minimum Gasteiger partial charge on any atom is -0.381 e. The van der Waals surface area contributed by atoms with Crippen molar-refractivity contribution in [3.63, 3.8) is 0 Å². The number of ether oxygens (including phenoxy) is 1. The molecule has 2 N–H and O–H groups in total. The number of rotatable bonds is 6. The second kappa shape index (κ2) is 12.0. The van der Waals surface area contributed by atoms with Crippen molar-refractivity contribution in [3.05, 3.63) is 23.9 Å². The topological polar surface area (TPSA) is 65.0 Å². The van der Waals surface area contributed by atoms with Gasteiger partial charge in [0.15, 0.2) is 5.96 Å². The Hall–Kier alpha value is -1.13. The van der Waals surface area contributed by atoms with Crippen LogP contribution < -0.4 is 15.5 Å². The molecule has 3 rings (SSSR count). The molecule has 2 aliphatic heterocycles. The molecular formula is C22H39IN6O. The number of aromatic nitrogens is 1. The van der Waals surface area contributed by atoms with Gasteiger partial charge in [-0.2, -0.15) is 0 Å². The Kier molecular flexibility index (Phi) is 10.1. The molecule has 3 heterocycles. The molecule has 0 amide bonds. The van der Waals surface area contributed by atoms with Gasteiger partial charge in [0.1, 0.15) is 5.82 Å². The highest BCUT2D eigenvalue weighted by Gasteiger charge is 2.34. The third-order valence-corrected chi connectivity index (χ3v) is 6.30. The Labute approximate surface area is 199 Å². The third-order valence-electron chi connectivity index (χ3n) is 6.30. The van der Waals surface area contributed by atoms with E-state index in [0.717, 1.165) is 76.9 Å². The Balaban J connectivity index is 0.00000320. The van der Waals surface area contributed by atoms with Crippen molar-refractivity contribution in [2.24, 2.45) is 4.99 Å². The van der Waals surface area contributed by atoms with E-state index in [2.05, 4.69) is 65.5 Å². The van der Waals surface area contributed by atoms with Gasteiger partial charge in [0.25, 0.3) is 0 Å². The monoisotopic (exact) mass is 530 g/mol. The highest BCUT2D eigenvalue weighted by molar-refractivity contribution is 14.0. The zero-order valence-electron chi connectivity index (χ0n) is 19.0. The summed E-state index contributed by atoms with van der Waals surface area (Å²) in [6.07, 6.45) is 6.20. The first-order valence-electron chi connectivity index (χ1n) is 11.0. The van der Waals surface area contributed by atoms with E-state index in [1.807, 2.05) is 6.20 Å². The highest BCUT2D eigenvalue weighted by atomic mass is 127. The Morgan fingerprint density at radius 2 is 1.97 bits per heavy atom. The van der Waals surface area contributed by atoms with E-state index >= 15 is 0 Å². The lowest BCUT2D eigenvalue weighted by Gasteiger charge is -2.42. The molecule has 30 heavy (non-hydrogen) atoms. The molecule has 0 aliphatic carbocycles. The molecule has 2 fully saturated rings. The average Bonchev–Trinajstić information content (AvgIpc) is 2.74. The van der Waals surface area contributed by atoms with Crippen LogP contribution in [0.5, 0.6) is 0 Å². The van der Waals surface area contributed by atoms with Crippen molar-refractivity contribution in [2.45, 2.75) is 51.1 Å². The molecule has 0 unspecified atom stereocenters. The summed E-state index contributed by atoms with van der Waals surface area (Å²) < 4.78 is 5.59. The van der Waals surface area contributed by atoms with Crippen LogP contribution in [-0.2, 0) is 4.74 Å². The molecule has 7 nitrogen and oxygen atoms in total. The van der Waals surface area contributed by atoms with E-state index in [0.29, 0.717) is 6.04 Å². The molecule has 2 saturated heterocycles. The molecular weight excluding hydrogens is 491 g/mol. The number of pyridine rings is 1. The maximum atomic E-state index is 5.59. The van der Waals surface area contributed by atoms with Crippen LogP contribution in [0.1, 0.15) is 38.2 Å². The number of nitrogens with zero attached hydrogens (tertiary/aromatic N) is 4. The summed E-state index contributed by atoms with van der Waals surface area (Å²) in [5.41, 5.74) is 1.30. The van der Waals surface area contributed by atoms with Crippen molar-refractivity contribution in [1.29, 1.82) is 0 Å². The van der Waals surface area contributed by atoms with Crippen molar-refractivity contribution in [1.82, 2.24) is 20.5 Å². The maximum absolute atomic E-state index is 5.59. The number of likely N-dealkylation sites (N-methyl/N-ethyl adjacent to an activating group) is 1. The smallest absolute Gasteiger partial charge is 0.191 e. The zero-order valence-corrected chi connectivity index (χ0v) is 21.3. The molecule has 0 bridgehead atoms. The molecule has 0 spiro atoms. The van der Waals surface area contributed by atoms with Crippen LogP contribution in [0.3, 0.4) is 0 Å². The summed E-state index contributed by atoms with van der Waals surface area (Å²) in [5, 5.41) is 7.11. The number of halogens is 1. The Morgan fingerprint density at radius 3 is 2.53 bits per heavy atom. The van der Waals surface area contributed by atoms with Gasteiger partial charge in [0.05, 0.1) is 6.54 Å². The van der Waals surface area contributed by atoms with Crippen molar-refractivity contribution < 1.29 is 4.74 Å². The van der Waals surface area contributed by atoms with E-state index in [4.69, 9.17) is 9.73 Å². The summed E-state index contributed by atoms with van der Waals surface area (Å²) in [6.45, 7) is 9.56. The van der Waals surface area contributed by atoms with Gasteiger partial charge < -0.3 is 25.2 Å². The standard InChI is InChI=1S/C22H38N6O.HI/c1-5-23-21(25-17-22(27(3)4)10-14-29-15-11-22)26-19-8-12-28(13-9-19)20-7-6-18(2)16-24-20;/h6-7,16,19H,5,8-15,17H2,1-4H3,(H2,23,25,26);1H. The predicted octanol–water partition coefficient (Wildman–Crippen LogP) is 2.64. The number of aliphatic imine (C=N–C) groups is 1. The van der Waals surface area contributed by atoms with Crippen molar-refractivity contribution >= 4 is 35.8 Å². The number of anilines is 1. The summed E-state index contributed by atoms with van der Waals surface area (Å²) in [7, 11) is 4.33. The van der Waals surface area contributed by atoms with Gasteiger partial charge >= 0.3 is 0 Å². The van der Waals surface area contributed by atoms with Crippen LogP contribution >= 0.6 is 24.0 Å². The third kappa shape index (κ3) is 6.68. The van der Waals surface area contributed by atoms with Gasteiger partial charge in [-0.3, -0.25) is 4.99 Å². The molecule has 0 radical (unpaired) electrons. The van der Waals surface area contributed by atoms with Gasteiger partial charge in [-0.15, -0.1) is 24.0 Å². The van der Waals surface area contributed by atoms with E-state index in [9.17, 15) is 0 Å². The van der Waals surface area contributed by atoms with E-state index in [1.54, 1.807) is 0 Å². The lowest BCUT2D eigenvalue weighted by atomic mass is 9.89. The van der Waals surface area contributed by atoms with Crippen LogP contribution in [0.25, 0.3) is 0 Å². The minimum absolute atomic E-state index is 0. The highest BCUT2D eigenvalue weighted by Crippen LogP contribution is 2.26. The largest absolute Gasteiger partial charge is 0.381 e. The van der Waals surface area contributed by atoms with Crippen LogP contribution in [0.4, 0.5) is 5.82 Å². The molecule has 0 saturated carbocycles. The van der Waals surface area contributed by atoms with Crippen LogP contribution in [0.15, 0.2) is 23.3 Å². The number of nitrogens with one attached hydrogen (secondary N) is 2. The number of hydrogen-bond acceptors (Lipinski definition) is 5. The van der Waals surface area contributed by atoms with Gasteiger partial charge in [-0.1, -0.05) is 6.07 Å². The molecule has 8 heteroatoms. The second-order valence-corrected chi connectivity index (χ2v) is 8.53. The quantitative estimate of drug-likeness (QED) is 0.335. The van der Waals surface area contributed by atoms with Gasteiger partial charge in [-0.25, -0.2) is 4.98 Å². The average molecular weight is 530 g/mol. The summed E-state index contributed by atoms with van der Waals surface area (Å²) in [5.74, 6) is 2.02. The first kappa shape index (κ1) is 25.1. The minimum atomic E-state index is 0. The van der Waals surface area contributed by atoms with Crippen molar-refractivity contribution in [2.75, 3.05) is 58.4 Å². The van der Waals surface area contributed by atoms with Crippen molar-refractivity contribution in [3.8, 4) is 0 Å². The van der Waals surface area contributed by atoms with Gasteiger partial charge in [0, 0.05) is 50.6 Å². The molecule has 170 valence electrons. The lowest BCUT2D eigenvalue weighted by Crippen LogP contribution is -2.53. The number of guanidine groups is 1. The van der Waals surface area contributed by atoms with E-state index < -0.39 is 0 Å². The summed E-state index contributed by atoms with van der Waals surface area (Å²) in [6, 6.07) is 4.71. The number of piperidine rings is 1. The van der Waals surface area contributed by atoms with E-state index in [-0.39, 0.29) is 29.5 Å². The Morgan fingerprint density at radius 1 is 1.27 bits per heavy atom. The number of aryl methyl sites for hydroxylation is 1. The molecule has 0 atom stereocenters. The maximum Gasteiger partial charge on any atom is 0.191 e. The van der Waals surface area contributed by atoms with Gasteiger partial charge in [0.2, 0.25) is 0 Å². The molecule has 0 aromatic carbocycles. The normalized spacial score (nSPS) is 20.0. The fourth-order valence-corrected chi connectivity index (χ4v) is 4.14. The summed E-state index contributed by atoms with van der Waals surface area (Å²) in [4.78, 5) is 14.3.